The maximum atomic E-state index is 12.3. The highest BCUT2D eigenvalue weighted by atomic mass is 16.2. The maximum absolute atomic E-state index is 12.3. The van der Waals surface area contributed by atoms with Gasteiger partial charge in [-0.3, -0.25) is 14.5 Å². The van der Waals surface area contributed by atoms with Gasteiger partial charge >= 0.3 is 0 Å². The standard InChI is InChI=1S/C15H19NO2/c1-9(2)11-5-6-12-8-14(17)16(10(3)4)15(18)13(12)7-11/h5-7,9-10H,8H2,1-4H3. The molecule has 2 amide bonds. The van der Waals surface area contributed by atoms with Crippen LogP contribution in [0.5, 0.6) is 0 Å². The molecule has 0 unspecified atom stereocenters. The van der Waals surface area contributed by atoms with Gasteiger partial charge in [0, 0.05) is 11.6 Å². The minimum atomic E-state index is -0.154. The number of rotatable bonds is 2. The van der Waals surface area contributed by atoms with Crippen molar-refractivity contribution in [3.8, 4) is 0 Å². The van der Waals surface area contributed by atoms with Gasteiger partial charge in [-0.2, -0.15) is 0 Å². The van der Waals surface area contributed by atoms with Crippen LogP contribution in [0.1, 0.15) is 55.1 Å². The summed E-state index contributed by atoms with van der Waals surface area (Å²) in [6.45, 7) is 7.93. The molecule has 1 aromatic carbocycles. The van der Waals surface area contributed by atoms with Gasteiger partial charge in [0.1, 0.15) is 0 Å². The Bertz CT molecular complexity index is 503. The lowest BCUT2D eigenvalue weighted by Crippen LogP contribution is -2.46. The summed E-state index contributed by atoms with van der Waals surface area (Å²) in [6, 6.07) is 5.78. The molecular formula is C15H19NO2. The SMILES string of the molecule is CC(C)c1ccc2c(c1)C(=O)N(C(C)C)C(=O)C2. The summed E-state index contributed by atoms with van der Waals surface area (Å²) in [7, 11) is 0. The Balaban J connectivity index is 2.48. The van der Waals surface area contributed by atoms with E-state index in [9.17, 15) is 9.59 Å². The lowest BCUT2D eigenvalue weighted by atomic mass is 9.92. The first-order valence-corrected chi connectivity index (χ1v) is 6.41. The molecule has 0 aliphatic carbocycles. The molecular weight excluding hydrogens is 226 g/mol. The zero-order valence-electron chi connectivity index (χ0n) is 11.4. The van der Waals surface area contributed by atoms with Crippen LogP contribution in [0.4, 0.5) is 0 Å². The molecule has 1 aliphatic rings. The van der Waals surface area contributed by atoms with Gasteiger partial charge in [0.2, 0.25) is 5.91 Å². The molecule has 0 radical (unpaired) electrons. The first kappa shape index (κ1) is 12.8. The molecule has 0 fully saturated rings. The Morgan fingerprint density at radius 1 is 1.11 bits per heavy atom. The van der Waals surface area contributed by atoms with E-state index in [4.69, 9.17) is 0 Å². The molecule has 1 aliphatic heterocycles. The number of fused-ring (bicyclic) bond motifs is 1. The molecule has 2 rings (SSSR count). The second-order valence-electron chi connectivity index (χ2n) is 5.41. The van der Waals surface area contributed by atoms with Gasteiger partial charge in [0.25, 0.3) is 5.91 Å². The summed E-state index contributed by atoms with van der Waals surface area (Å²) in [5, 5.41) is 0. The molecule has 0 saturated heterocycles. The number of hydrogen-bond donors (Lipinski definition) is 0. The molecule has 3 nitrogen and oxygen atoms in total. The van der Waals surface area contributed by atoms with Crippen molar-refractivity contribution in [2.75, 3.05) is 0 Å². The molecule has 0 N–H and O–H groups in total. The number of imide groups is 1. The van der Waals surface area contributed by atoms with Gasteiger partial charge in [-0.15, -0.1) is 0 Å². The van der Waals surface area contributed by atoms with Crippen molar-refractivity contribution >= 4 is 11.8 Å². The quantitative estimate of drug-likeness (QED) is 0.751. The summed E-state index contributed by atoms with van der Waals surface area (Å²) in [5.74, 6) is 0.131. The van der Waals surface area contributed by atoms with Crippen LogP contribution in [0.2, 0.25) is 0 Å². The van der Waals surface area contributed by atoms with Crippen LogP contribution in [0, 0.1) is 0 Å². The lowest BCUT2D eigenvalue weighted by Gasteiger charge is -2.30. The average molecular weight is 245 g/mol. The van der Waals surface area contributed by atoms with E-state index in [1.54, 1.807) is 0 Å². The van der Waals surface area contributed by atoms with Gasteiger partial charge in [0.05, 0.1) is 6.42 Å². The topological polar surface area (TPSA) is 37.4 Å². The molecule has 0 atom stereocenters. The van der Waals surface area contributed by atoms with Crippen LogP contribution in [0.25, 0.3) is 0 Å². The van der Waals surface area contributed by atoms with E-state index < -0.39 is 0 Å². The molecule has 0 saturated carbocycles. The maximum Gasteiger partial charge on any atom is 0.261 e. The highest BCUT2D eigenvalue weighted by Gasteiger charge is 2.32. The van der Waals surface area contributed by atoms with Gasteiger partial charge in [-0.1, -0.05) is 26.0 Å². The summed E-state index contributed by atoms with van der Waals surface area (Å²) in [6.07, 6.45) is 0.331. The molecule has 3 heteroatoms. The number of nitrogens with zero attached hydrogens (tertiary/aromatic N) is 1. The summed E-state index contributed by atoms with van der Waals surface area (Å²) >= 11 is 0. The molecule has 1 heterocycles. The fourth-order valence-electron chi connectivity index (χ4n) is 2.32. The molecule has 96 valence electrons. The number of carbonyl (C=O) groups is 2. The van der Waals surface area contributed by atoms with Crippen molar-refractivity contribution in [1.82, 2.24) is 4.90 Å². The normalized spacial score (nSPS) is 15.6. The van der Waals surface area contributed by atoms with Crippen LogP contribution in [0.3, 0.4) is 0 Å². The smallest absolute Gasteiger partial charge is 0.261 e. The largest absolute Gasteiger partial charge is 0.276 e. The Hall–Kier alpha value is -1.64. The number of amides is 2. The van der Waals surface area contributed by atoms with E-state index in [0.29, 0.717) is 17.9 Å². The average Bonchev–Trinajstić information content (AvgIpc) is 2.27. The minimum absolute atomic E-state index is 0.0825. The summed E-state index contributed by atoms with van der Waals surface area (Å²) < 4.78 is 0. The number of hydrogen-bond acceptors (Lipinski definition) is 2. The third-order valence-electron chi connectivity index (χ3n) is 3.38. The summed E-state index contributed by atoms with van der Waals surface area (Å²) in [5.41, 5.74) is 2.68. The third-order valence-corrected chi connectivity index (χ3v) is 3.38. The summed E-state index contributed by atoms with van der Waals surface area (Å²) in [4.78, 5) is 25.6. The van der Waals surface area contributed by atoms with Crippen molar-refractivity contribution in [1.29, 1.82) is 0 Å². The predicted octanol–water partition coefficient (Wildman–Crippen LogP) is 2.74. The molecule has 0 spiro atoms. The Morgan fingerprint density at radius 3 is 2.33 bits per heavy atom. The van der Waals surface area contributed by atoms with E-state index >= 15 is 0 Å². The molecule has 0 bridgehead atoms. The van der Waals surface area contributed by atoms with Crippen LogP contribution in [0.15, 0.2) is 18.2 Å². The molecule has 18 heavy (non-hydrogen) atoms. The minimum Gasteiger partial charge on any atom is -0.276 e. The first-order chi connectivity index (χ1) is 8.41. The van der Waals surface area contributed by atoms with E-state index in [0.717, 1.165) is 11.1 Å². The second-order valence-corrected chi connectivity index (χ2v) is 5.41. The Labute approximate surface area is 108 Å². The Morgan fingerprint density at radius 2 is 1.78 bits per heavy atom. The van der Waals surface area contributed by atoms with Crippen LogP contribution in [-0.4, -0.2) is 22.8 Å². The first-order valence-electron chi connectivity index (χ1n) is 6.41. The highest BCUT2D eigenvalue weighted by molar-refractivity contribution is 6.10. The highest BCUT2D eigenvalue weighted by Crippen LogP contribution is 2.25. The van der Waals surface area contributed by atoms with Gasteiger partial charge in [0.15, 0.2) is 0 Å². The second kappa shape index (κ2) is 4.56. The lowest BCUT2D eigenvalue weighted by molar-refractivity contribution is -0.129. The van der Waals surface area contributed by atoms with E-state index in [-0.39, 0.29) is 17.9 Å². The van der Waals surface area contributed by atoms with Crippen molar-refractivity contribution in [2.24, 2.45) is 0 Å². The van der Waals surface area contributed by atoms with E-state index in [2.05, 4.69) is 13.8 Å². The van der Waals surface area contributed by atoms with Crippen LogP contribution in [-0.2, 0) is 11.2 Å². The molecule has 1 aromatic rings. The van der Waals surface area contributed by atoms with Crippen LogP contribution >= 0.6 is 0 Å². The fraction of sp³-hybridized carbons (Fsp3) is 0.467. The fourth-order valence-corrected chi connectivity index (χ4v) is 2.32. The van der Waals surface area contributed by atoms with Gasteiger partial charge in [-0.05, 0) is 37.0 Å². The predicted molar refractivity (Wildman–Crippen MR) is 70.5 cm³/mol. The number of carbonyl (C=O) groups excluding carboxylic acids is 2. The zero-order chi connectivity index (χ0) is 13.4. The molecule has 0 aromatic heterocycles. The van der Waals surface area contributed by atoms with Crippen LogP contribution < -0.4 is 0 Å². The number of benzene rings is 1. The van der Waals surface area contributed by atoms with E-state index in [1.165, 1.54) is 4.90 Å². The third kappa shape index (κ3) is 2.05. The van der Waals surface area contributed by atoms with Crippen molar-refractivity contribution in [2.45, 2.75) is 46.1 Å². The zero-order valence-corrected chi connectivity index (χ0v) is 11.4. The van der Waals surface area contributed by atoms with Crippen molar-refractivity contribution < 1.29 is 9.59 Å². The van der Waals surface area contributed by atoms with Gasteiger partial charge in [-0.25, -0.2) is 0 Å². The van der Waals surface area contributed by atoms with Crippen molar-refractivity contribution in [3.05, 3.63) is 34.9 Å². The van der Waals surface area contributed by atoms with E-state index in [1.807, 2.05) is 32.0 Å². The van der Waals surface area contributed by atoms with Gasteiger partial charge < -0.3 is 0 Å². The Kier molecular flexibility index (Phi) is 3.24. The monoisotopic (exact) mass is 245 g/mol. The van der Waals surface area contributed by atoms with Crippen molar-refractivity contribution in [3.63, 3.8) is 0 Å².